The first kappa shape index (κ1) is 18.4. The van der Waals surface area contributed by atoms with Crippen LogP contribution in [-0.2, 0) is 4.79 Å². The lowest BCUT2D eigenvalue weighted by molar-refractivity contribution is -0.111. The highest BCUT2D eigenvalue weighted by Crippen LogP contribution is 2.29. The van der Waals surface area contributed by atoms with Crippen LogP contribution in [-0.4, -0.2) is 26.2 Å². The van der Waals surface area contributed by atoms with E-state index in [2.05, 4.69) is 5.32 Å². The van der Waals surface area contributed by atoms with Gasteiger partial charge in [0.25, 0.3) is 0 Å². The molecule has 0 saturated heterocycles. The molecule has 2 aromatic carbocycles. The van der Waals surface area contributed by atoms with Gasteiger partial charge in [0.2, 0.25) is 5.91 Å². The molecule has 5 nitrogen and oxygen atoms in total. The largest absolute Gasteiger partial charge is 0.497 e. The Morgan fingerprint density at radius 3 is 2.52 bits per heavy atom. The van der Waals surface area contributed by atoms with Crippen molar-refractivity contribution in [1.82, 2.24) is 0 Å². The van der Waals surface area contributed by atoms with E-state index in [1.807, 2.05) is 44.2 Å². The van der Waals surface area contributed by atoms with Crippen molar-refractivity contribution in [2.75, 3.05) is 19.5 Å². The predicted octanol–water partition coefficient (Wildman–Crippen LogP) is 4.14. The van der Waals surface area contributed by atoms with Crippen molar-refractivity contribution >= 4 is 17.7 Å². The van der Waals surface area contributed by atoms with Gasteiger partial charge in [0.05, 0.1) is 20.3 Å². The molecule has 0 atom stereocenters. The zero-order valence-electron chi connectivity index (χ0n) is 14.9. The molecule has 2 aromatic rings. The predicted molar refractivity (Wildman–Crippen MR) is 99.4 cm³/mol. The lowest BCUT2D eigenvalue weighted by Gasteiger charge is -2.13. The van der Waals surface area contributed by atoms with Crippen LogP contribution < -0.4 is 19.5 Å². The Kier molecular flexibility index (Phi) is 6.46. The quantitative estimate of drug-likeness (QED) is 0.769. The van der Waals surface area contributed by atoms with Crippen molar-refractivity contribution in [1.29, 1.82) is 0 Å². The Labute approximate surface area is 148 Å². The summed E-state index contributed by atoms with van der Waals surface area (Å²) in [5.41, 5.74) is 1.51. The van der Waals surface area contributed by atoms with E-state index in [1.54, 1.807) is 32.4 Å². The molecule has 0 fully saturated rings. The molecule has 0 spiro atoms. The van der Waals surface area contributed by atoms with Crippen LogP contribution in [0.2, 0.25) is 0 Å². The van der Waals surface area contributed by atoms with Gasteiger partial charge >= 0.3 is 0 Å². The minimum Gasteiger partial charge on any atom is -0.497 e. The average molecular weight is 341 g/mol. The normalized spacial score (nSPS) is 10.8. The molecule has 0 aliphatic rings. The fraction of sp³-hybridized carbons (Fsp3) is 0.250. The number of anilines is 1. The molecule has 0 aliphatic heterocycles. The van der Waals surface area contributed by atoms with Gasteiger partial charge in [-0.05, 0) is 49.8 Å². The van der Waals surface area contributed by atoms with Gasteiger partial charge in [0.15, 0.2) is 11.5 Å². The van der Waals surface area contributed by atoms with Crippen LogP contribution in [0.3, 0.4) is 0 Å². The second-order valence-electron chi connectivity index (χ2n) is 5.63. The number of carbonyl (C=O) groups is 1. The standard InChI is InChI=1S/C20H23NO4/c1-14(2)25-18-10-8-15(12-19(18)24-4)9-11-20(22)21-16-6-5-7-17(13-16)23-3/h5-14H,1-4H3,(H,21,22)/b11-9+. The van der Waals surface area contributed by atoms with Gasteiger partial charge in [-0.25, -0.2) is 0 Å². The van der Waals surface area contributed by atoms with Crippen molar-refractivity contribution in [3.05, 3.63) is 54.1 Å². The van der Waals surface area contributed by atoms with Crippen molar-refractivity contribution in [3.63, 3.8) is 0 Å². The molecule has 0 unspecified atom stereocenters. The molecular formula is C20H23NO4. The first-order chi connectivity index (χ1) is 12.0. The maximum atomic E-state index is 12.1. The molecule has 0 radical (unpaired) electrons. The number of rotatable bonds is 7. The molecule has 2 rings (SSSR count). The summed E-state index contributed by atoms with van der Waals surface area (Å²) in [6.07, 6.45) is 3.25. The van der Waals surface area contributed by atoms with E-state index >= 15 is 0 Å². The Balaban J connectivity index is 2.06. The summed E-state index contributed by atoms with van der Waals surface area (Å²) in [5.74, 6) is 1.77. The summed E-state index contributed by atoms with van der Waals surface area (Å²) in [4.78, 5) is 12.1. The Morgan fingerprint density at radius 2 is 1.84 bits per heavy atom. The van der Waals surface area contributed by atoms with Gasteiger partial charge in [-0.15, -0.1) is 0 Å². The minimum atomic E-state index is -0.227. The maximum absolute atomic E-state index is 12.1. The fourth-order valence-corrected chi connectivity index (χ4v) is 2.20. The van der Waals surface area contributed by atoms with Gasteiger partial charge < -0.3 is 19.5 Å². The van der Waals surface area contributed by atoms with Gasteiger partial charge in [-0.1, -0.05) is 12.1 Å². The molecule has 1 N–H and O–H groups in total. The third-order valence-corrected chi connectivity index (χ3v) is 3.31. The number of nitrogens with one attached hydrogen (secondary N) is 1. The first-order valence-electron chi connectivity index (χ1n) is 7.99. The number of amides is 1. The Hall–Kier alpha value is -2.95. The highest BCUT2D eigenvalue weighted by Gasteiger charge is 2.07. The molecule has 25 heavy (non-hydrogen) atoms. The Bertz CT molecular complexity index is 753. The zero-order chi connectivity index (χ0) is 18.2. The lowest BCUT2D eigenvalue weighted by atomic mass is 10.2. The molecule has 0 saturated carbocycles. The van der Waals surface area contributed by atoms with Gasteiger partial charge in [-0.3, -0.25) is 4.79 Å². The fourth-order valence-electron chi connectivity index (χ4n) is 2.20. The number of methoxy groups -OCH3 is 2. The molecule has 1 amide bonds. The van der Waals surface area contributed by atoms with Crippen LogP contribution in [0.5, 0.6) is 17.2 Å². The lowest BCUT2D eigenvalue weighted by Crippen LogP contribution is -2.08. The summed E-state index contributed by atoms with van der Waals surface area (Å²) >= 11 is 0. The number of ether oxygens (including phenoxy) is 3. The van der Waals surface area contributed by atoms with E-state index in [1.165, 1.54) is 6.08 Å². The summed E-state index contributed by atoms with van der Waals surface area (Å²) in [7, 11) is 3.17. The molecule has 0 heterocycles. The second-order valence-corrected chi connectivity index (χ2v) is 5.63. The molecule has 0 aliphatic carbocycles. The monoisotopic (exact) mass is 341 g/mol. The van der Waals surface area contributed by atoms with Crippen LogP contribution >= 0.6 is 0 Å². The summed E-state index contributed by atoms with van der Waals surface area (Å²) in [6, 6.07) is 12.7. The molecular weight excluding hydrogens is 318 g/mol. The van der Waals surface area contributed by atoms with E-state index in [0.29, 0.717) is 22.9 Å². The van der Waals surface area contributed by atoms with Gasteiger partial charge in [0, 0.05) is 17.8 Å². The maximum Gasteiger partial charge on any atom is 0.248 e. The first-order valence-corrected chi connectivity index (χ1v) is 7.99. The van der Waals surface area contributed by atoms with Crippen LogP contribution in [0.1, 0.15) is 19.4 Å². The van der Waals surface area contributed by atoms with E-state index in [0.717, 1.165) is 5.56 Å². The smallest absolute Gasteiger partial charge is 0.248 e. The third kappa shape index (κ3) is 5.57. The van der Waals surface area contributed by atoms with Crippen LogP contribution in [0, 0.1) is 0 Å². The molecule has 0 bridgehead atoms. The minimum absolute atomic E-state index is 0.0592. The average Bonchev–Trinajstić information content (AvgIpc) is 2.60. The Morgan fingerprint density at radius 1 is 1.04 bits per heavy atom. The van der Waals surface area contributed by atoms with Crippen molar-refractivity contribution in [2.45, 2.75) is 20.0 Å². The van der Waals surface area contributed by atoms with E-state index in [9.17, 15) is 4.79 Å². The SMILES string of the molecule is COc1cccc(NC(=O)/C=C/c2ccc(OC(C)C)c(OC)c2)c1. The van der Waals surface area contributed by atoms with Gasteiger partial charge in [-0.2, -0.15) is 0 Å². The van der Waals surface area contributed by atoms with Crippen LogP contribution in [0.25, 0.3) is 6.08 Å². The topological polar surface area (TPSA) is 56.8 Å². The molecule has 132 valence electrons. The number of benzene rings is 2. The highest BCUT2D eigenvalue weighted by molar-refractivity contribution is 6.02. The van der Waals surface area contributed by atoms with E-state index in [4.69, 9.17) is 14.2 Å². The number of carbonyl (C=O) groups excluding carboxylic acids is 1. The molecule has 0 aromatic heterocycles. The summed E-state index contributed by atoms with van der Waals surface area (Å²) in [6.45, 7) is 3.91. The summed E-state index contributed by atoms with van der Waals surface area (Å²) < 4.78 is 16.2. The van der Waals surface area contributed by atoms with Crippen molar-refractivity contribution in [3.8, 4) is 17.2 Å². The van der Waals surface area contributed by atoms with Gasteiger partial charge in [0.1, 0.15) is 5.75 Å². The van der Waals surface area contributed by atoms with E-state index < -0.39 is 0 Å². The number of hydrogen-bond donors (Lipinski definition) is 1. The van der Waals surface area contributed by atoms with Crippen LogP contribution in [0.15, 0.2) is 48.5 Å². The molecule has 5 heteroatoms. The van der Waals surface area contributed by atoms with Crippen molar-refractivity contribution < 1.29 is 19.0 Å². The third-order valence-electron chi connectivity index (χ3n) is 3.31. The highest BCUT2D eigenvalue weighted by atomic mass is 16.5. The van der Waals surface area contributed by atoms with Crippen LogP contribution in [0.4, 0.5) is 5.69 Å². The van der Waals surface area contributed by atoms with Crippen molar-refractivity contribution in [2.24, 2.45) is 0 Å². The zero-order valence-corrected chi connectivity index (χ0v) is 14.9. The summed E-state index contributed by atoms with van der Waals surface area (Å²) in [5, 5.41) is 2.79. The second kappa shape index (κ2) is 8.78. The number of hydrogen-bond acceptors (Lipinski definition) is 4. The van der Waals surface area contributed by atoms with E-state index in [-0.39, 0.29) is 12.0 Å².